The van der Waals surface area contributed by atoms with Crippen LogP contribution in [0.3, 0.4) is 0 Å². The van der Waals surface area contributed by atoms with E-state index in [4.69, 9.17) is 0 Å². The molecule has 170 valence electrons. The fraction of sp³-hybridized carbons (Fsp3) is 0.650. The molecule has 2 saturated heterocycles. The van der Waals surface area contributed by atoms with E-state index in [1.54, 1.807) is 39.1 Å². The Morgan fingerprint density at radius 2 is 1.90 bits per heavy atom. The summed E-state index contributed by atoms with van der Waals surface area (Å²) in [4.78, 5) is 16.0. The Labute approximate surface area is 186 Å². The molecule has 3 heterocycles. The van der Waals surface area contributed by atoms with Gasteiger partial charge in [0.25, 0.3) is 0 Å². The Morgan fingerprint density at radius 1 is 1.16 bits per heavy atom. The van der Waals surface area contributed by atoms with E-state index in [-0.39, 0.29) is 27.0 Å². The zero-order valence-electron chi connectivity index (χ0n) is 17.9. The third-order valence-electron chi connectivity index (χ3n) is 6.44. The van der Waals surface area contributed by atoms with Crippen LogP contribution >= 0.6 is 11.8 Å². The van der Waals surface area contributed by atoms with Crippen LogP contribution in [0.2, 0.25) is 0 Å². The molecular weight excluding hydrogens is 436 g/mol. The molecule has 11 heteroatoms. The fourth-order valence-electron chi connectivity index (χ4n) is 4.37. The third-order valence-corrected chi connectivity index (χ3v) is 9.19. The summed E-state index contributed by atoms with van der Waals surface area (Å²) < 4.78 is 32.2. The molecule has 0 radical (unpaired) electrons. The van der Waals surface area contributed by atoms with Crippen molar-refractivity contribution in [2.75, 3.05) is 19.6 Å². The van der Waals surface area contributed by atoms with Crippen molar-refractivity contribution in [2.45, 2.75) is 67.4 Å². The van der Waals surface area contributed by atoms with Gasteiger partial charge in [-0.05, 0) is 70.8 Å². The molecule has 2 aromatic rings. The molecule has 2 aliphatic heterocycles. The number of aromatic nitrogens is 2. The highest BCUT2D eigenvalue weighted by Crippen LogP contribution is 2.36. The number of fused-ring (bicyclic) bond motifs is 1. The molecule has 1 aliphatic carbocycles. The SMILES string of the molecule is CC1NNC(n2c(=O)n(CCN3CCCC3)c3ccc(S(=O)(=O)NC4(C)CC4)cc32)S1. The average molecular weight is 467 g/mol. The van der Waals surface area contributed by atoms with Gasteiger partial charge in [0.1, 0.15) is 0 Å². The maximum absolute atomic E-state index is 13.4. The fourth-order valence-corrected chi connectivity index (χ4v) is 6.84. The van der Waals surface area contributed by atoms with E-state index < -0.39 is 10.0 Å². The summed E-state index contributed by atoms with van der Waals surface area (Å²) in [5.74, 6) is 0. The van der Waals surface area contributed by atoms with Gasteiger partial charge in [-0.2, -0.15) is 0 Å². The normalized spacial score (nSPS) is 26.1. The lowest BCUT2D eigenvalue weighted by atomic mass is 10.3. The first kappa shape index (κ1) is 21.5. The summed E-state index contributed by atoms with van der Waals surface area (Å²) in [5.41, 5.74) is 6.93. The first-order valence-electron chi connectivity index (χ1n) is 10.9. The highest BCUT2D eigenvalue weighted by atomic mass is 32.2. The smallest absolute Gasteiger partial charge is 0.302 e. The van der Waals surface area contributed by atoms with Crippen LogP contribution in [0, 0.1) is 0 Å². The van der Waals surface area contributed by atoms with Gasteiger partial charge in [-0.1, -0.05) is 11.8 Å². The lowest BCUT2D eigenvalue weighted by molar-refractivity contribution is 0.321. The minimum absolute atomic E-state index is 0.119. The number of hydrogen-bond donors (Lipinski definition) is 3. The molecule has 3 fully saturated rings. The molecular formula is C20H30N6O3S2. The van der Waals surface area contributed by atoms with Crippen LogP contribution in [0.1, 0.15) is 45.0 Å². The maximum Gasteiger partial charge on any atom is 0.331 e. The Morgan fingerprint density at radius 3 is 2.55 bits per heavy atom. The van der Waals surface area contributed by atoms with Crippen LogP contribution in [-0.4, -0.2) is 53.0 Å². The van der Waals surface area contributed by atoms with Gasteiger partial charge in [0.2, 0.25) is 10.0 Å². The number of sulfonamides is 1. The highest BCUT2D eigenvalue weighted by molar-refractivity contribution is 8.00. The molecule has 1 saturated carbocycles. The van der Waals surface area contributed by atoms with E-state index in [0.717, 1.165) is 38.0 Å². The number of thioether (sulfide) groups is 1. The lowest BCUT2D eigenvalue weighted by Crippen LogP contribution is -2.36. The topological polar surface area (TPSA) is 100 Å². The molecule has 0 amide bonds. The standard InChI is InChI=1S/C20H30N6O3S2/c1-14-21-22-18(30-14)26-17-13-15(31(28,29)23-20(2)7-8-20)5-6-16(17)25(19(26)27)12-11-24-9-3-4-10-24/h5-6,13-14,18,21-23H,3-4,7-12H2,1-2H3. The Bertz CT molecular complexity index is 1150. The molecule has 3 N–H and O–H groups in total. The van der Waals surface area contributed by atoms with Gasteiger partial charge < -0.3 is 4.90 Å². The summed E-state index contributed by atoms with van der Waals surface area (Å²) >= 11 is 1.59. The van der Waals surface area contributed by atoms with Crippen LogP contribution in [0.5, 0.6) is 0 Å². The summed E-state index contributed by atoms with van der Waals surface area (Å²) in [6.07, 6.45) is 4.10. The quantitative estimate of drug-likeness (QED) is 0.567. The van der Waals surface area contributed by atoms with Crippen molar-refractivity contribution in [2.24, 2.45) is 0 Å². The van der Waals surface area contributed by atoms with E-state index in [1.807, 2.05) is 13.8 Å². The van der Waals surface area contributed by atoms with Gasteiger partial charge in [0.15, 0.2) is 5.50 Å². The molecule has 5 rings (SSSR count). The predicted molar refractivity (Wildman–Crippen MR) is 122 cm³/mol. The van der Waals surface area contributed by atoms with Crippen LogP contribution in [0.25, 0.3) is 11.0 Å². The molecule has 1 aromatic carbocycles. The lowest BCUT2D eigenvalue weighted by Gasteiger charge is -2.14. The molecule has 0 bridgehead atoms. The number of imidazole rings is 1. The van der Waals surface area contributed by atoms with Crippen molar-refractivity contribution >= 4 is 32.8 Å². The number of benzene rings is 1. The van der Waals surface area contributed by atoms with Gasteiger partial charge in [0, 0.05) is 18.6 Å². The Hall–Kier alpha value is -1.37. The van der Waals surface area contributed by atoms with E-state index >= 15 is 0 Å². The van der Waals surface area contributed by atoms with Crippen LogP contribution in [-0.2, 0) is 16.6 Å². The first-order valence-corrected chi connectivity index (χ1v) is 13.4. The highest BCUT2D eigenvalue weighted by Gasteiger charge is 2.41. The monoisotopic (exact) mass is 466 g/mol. The zero-order chi connectivity index (χ0) is 21.8. The van der Waals surface area contributed by atoms with Crippen molar-refractivity contribution in [1.82, 2.24) is 29.6 Å². The number of nitrogens with zero attached hydrogens (tertiary/aromatic N) is 3. The first-order chi connectivity index (χ1) is 14.8. The second-order valence-electron chi connectivity index (χ2n) is 9.09. The minimum Gasteiger partial charge on any atom is -0.302 e. The molecule has 9 nitrogen and oxygen atoms in total. The molecule has 31 heavy (non-hydrogen) atoms. The summed E-state index contributed by atoms with van der Waals surface area (Å²) in [6.45, 7) is 7.48. The average Bonchev–Trinajstić information content (AvgIpc) is 3.10. The Kier molecular flexibility index (Phi) is 5.47. The third kappa shape index (κ3) is 4.19. The predicted octanol–water partition coefficient (Wildman–Crippen LogP) is 1.37. The maximum atomic E-state index is 13.4. The van der Waals surface area contributed by atoms with Gasteiger partial charge in [0.05, 0.1) is 21.3 Å². The molecule has 3 aliphatic rings. The number of likely N-dealkylation sites (tertiary alicyclic amines) is 1. The van der Waals surface area contributed by atoms with Crippen molar-refractivity contribution in [3.05, 3.63) is 28.7 Å². The molecule has 0 spiro atoms. The van der Waals surface area contributed by atoms with Crippen molar-refractivity contribution in [3.8, 4) is 0 Å². The van der Waals surface area contributed by atoms with Gasteiger partial charge in [-0.3, -0.25) is 9.13 Å². The molecule has 2 unspecified atom stereocenters. The molecule has 2 atom stereocenters. The van der Waals surface area contributed by atoms with E-state index in [1.165, 1.54) is 12.8 Å². The largest absolute Gasteiger partial charge is 0.331 e. The van der Waals surface area contributed by atoms with Gasteiger partial charge >= 0.3 is 5.69 Å². The molecule has 1 aromatic heterocycles. The number of rotatable bonds is 7. The van der Waals surface area contributed by atoms with Crippen LogP contribution in [0.15, 0.2) is 27.9 Å². The summed E-state index contributed by atoms with van der Waals surface area (Å²) in [6, 6.07) is 5.03. The van der Waals surface area contributed by atoms with E-state index in [0.29, 0.717) is 12.1 Å². The summed E-state index contributed by atoms with van der Waals surface area (Å²) in [7, 11) is -3.65. The minimum atomic E-state index is -3.65. The van der Waals surface area contributed by atoms with E-state index in [2.05, 4.69) is 20.5 Å². The zero-order valence-corrected chi connectivity index (χ0v) is 19.6. The van der Waals surface area contributed by atoms with E-state index in [9.17, 15) is 13.2 Å². The number of nitrogens with one attached hydrogen (secondary N) is 3. The summed E-state index contributed by atoms with van der Waals surface area (Å²) in [5, 5.41) is 0.142. The van der Waals surface area contributed by atoms with Gasteiger partial charge in [-0.25, -0.2) is 28.8 Å². The van der Waals surface area contributed by atoms with Crippen LogP contribution in [0.4, 0.5) is 0 Å². The van der Waals surface area contributed by atoms with Gasteiger partial charge in [-0.15, -0.1) is 0 Å². The van der Waals surface area contributed by atoms with Crippen molar-refractivity contribution in [1.29, 1.82) is 0 Å². The second-order valence-corrected chi connectivity index (χ2v) is 12.2. The number of hydrazine groups is 1. The Balaban J connectivity index is 1.55. The van der Waals surface area contributed by atoms with Crippen molar-refractivity contribution < 1.29 is 8.42 Å². The number of hydrogen-bond acceptors (Lipinski definition) is 7. The van der Waals surface area contributed by atoms with Crippen LogP contribution < -0.4 is 21.3 Å². The van der Waals surface area contributed by atoms with Crippen molar-refractivity contribution in [3.63, 3.8) is 0 Å². The second kappa shape index (κ2) is 7.89.